The number of aliphatic hydroxyl groups excluding tert-OH is 3. The first-order valence-corrected chi connectivity index (χ1v) is 31.5. The molecular weight excluding hydrogens is 835 g/mol. The van der Waals surface area contributed by atoms with Gasteiger partial charge in [-0.1, -0.05) is 353 Å². The van der Waals surface area contributed by atoms with Gasteiger partial charge in [-0.15, -0.1) is 0 Å². The van der Waals surface area contributed by atoms with Crippen LogP contribution in [0.1, 0.15) is 361 Å². The lowest BCUT2D eigenvalue weighted by molar-refractivity contribution is -0.131. The Balaban J connectivity index is 3.49. The maximum atomic E-state index is 12.6. The first-order valence-electron chi connectivity index (χ1n) is 31.5. The van der Waals surface area contributed by atoms with E-state index in [1.54, 1.807) is 6.08 Å². The Morgan fingerprint density at radius 2 is 0.574 bits per heavy atom. The number of carbonyl (C=O) groups excluding carboxylic acids is 1. The average Bonchev–Trinajstić information content (AvgIpc) is 3.34. The fourth-order valence-corrected chi connectivity index (χ4v) is 10.3. The SMILES string of the molecule is CCCCCCCCCCCCCCCCCCCCCCC/C=C/C(O)C(CO)NC(=O)C(O)CCCCCCCCCCCCCCCCCCCCCCCCCCCCCCCCC. The zero-order valence-corrected chi connectivity index (χ0v) is 46.5. The summed E-state index contributed by atoms with van der Waals surface area (Å²) in [5, 5.41) is 33.5. The number of allylic oxidation sites excluding steroid dienone is 1. The molecule has 1 amide bonds. The fraction of sp³-hybridized carbons (Fsp3) is 0.952. The number of hydrogen-bond acceptors (Lipinski definition) is 4. The van der Waals surface area contributed by atoms with Crippen LogP contribution in [0.2, 0.25) is 0 Å². The van der Waals surface area contributed by atoms with Crippen LogP contribution in [0.4, 0.5) is 0 Å². The van der Waals surface area contributed by atoms with Gasteiger partial charge >= 0.3 is 0 Å². The van der Waals surface area contributed by atoms with E-state index in [9.17, 15) is 20.1 Å². The predicted octanol–water partition coefficient (Wildman–Crippen LogP) is 19.8. The van der Waals surface area contributed by atoms with Crippen LogP contribution in [-0.2, 0) is 4.79 Å². The first-order chi connectivity index (χ1) is 33.6. The van der Waals surface area contributed by atoms with Crippen LogP contribution in [0.5, 0.6) is 0 Å². The number of amides is 1. The zero-order chi connectivity index (χ0) is 49.3. The van der Waals surface area contributed by atoms with Crippen LogP contribution >= 0.6 is 0 Å². The fourth-order valence-electron chi connectivity index (χ4n) is 10.3. The summed E-state index contributed by atoms with van der Waals surface area (Å²) in [4.78, 5) is 12.6. The summed E-state index contributed by atoms with van der Waals surface area (Å²) in [5.41, 5.74) is 0. The molecule has 3 atom stereocenters. The number of carbonyl (C=O) groups is 1. The van der Waals surface area contributed by atoms with E-state index in [4.69, 9.17) is 0 Å². The standard InChI is InChI=1S/C63H125NO4/c1-3-5-7-9-11-13-15-17-19-21-23-25-27-28-29-30-31-32-33-34-36-38-40-42-44-46-48-50-52-54-56-58-62(67)63(68)64-60(59-65)61(66)57-55-53-51-49-47-45-43-41-39-37-35-26-24-22-20-18-16-14-12-10-8-6-4-2/h55,57,60-62,65-67H,3-54,56,58-59H2,1-2H3,(H,64,68)/b57-55+. The average molecular weight is 961 g/mol. The lowest BCUT2D eigenvalue weighted by Gasteiger charge is -2.21. The maximum Gasteiger partial charge on any atom is 0.249 e. The van der Waals surface area contributed by atoms with Gasteiger partial charge in [-0.05, 0) is 19.3 Å². The quantitative estimate of drug-likeness (QED) is 0.0361. The van der Waals surface area contributed by atoms with Crippen molar-refractivity contribution in [1.29, 1.82) is 0 Å². The summed E-state index contributed by atoms with van der Waals surface area (Å²) >= 11 is 0. The molecule has 0 fully saturated rings. The summed E-state index contributed by atoms with van der Waals surface area (Å²) in [6, 6.07) is -0.795. The lowest BCUT2D eigenvalue weighted by Crippen LogP contribution is -2.48. The highest BCUT2D eigenvalue weighted by Crippen LogP contribution is 2.19. The number of rotatable bonds is 59. The van der Waals surface area contributed by atoms with Gasteiger partial charge in [0.25, 0.3) is 0 Å². The molecule has 0 heterocycles. The second-order valence-electron chi connectivity index (χ2n) is 22.0. The molecule has 0 aliphatic heterocycles. The molecule has 0 rings (SSSR count). The molecule has 5 nitrogen and oxygen atoms in total. The Bertz CT molecular complexity index is 971. The molecule has 0 saturated heterocycles. The number of unbranched alkanes of at least 4 members (excludes halogenated alkanes) is 51. The van der Waals surface area contributed by atoms with Gasteiger partial charge in [-0.2, -0.15) is 0 Å². The van der Waals surface area contributed by atoms with Crippen LogP contribution in [0.15, 0.2) is 12.2 Å². The van der Waals surface area contributed by atoms with E-state index in [0.29, 0.717) is 6.42 Å². The van der Waals surface area contributed by atoms with Gasteiger partial charge in [0.15, 0.2) is 0 Å². The largest absolute Gasteiger partial charge is 0.394 e. The van der Waals surface area contributed by atoms with E-state index >= 15 is 0 Å². The normalized spacial score (nSPS) is 13.2. The highest BCUT2D eigenvalue weighted by molar-refractivity contribution is 5.80. The molecule has 0 aromatic heterocycles. The molecule has 3 unspecified atom stereocenters. The second-order valence-corrected chi connectivity index (χ2v) is 22.0. The molecule has 0 bridgehead atoms. The minimum atomic E-state index is -1.09. The van der Waals surface area contributed by atoms with Gasteiger partial charge in [0.05, 0.1) is 18.8 Å². The van der Waals surface area contributed by atoms with Gasteiger partial charge in [0.1, 0.15) is 6.10 Å². The van der Waals surface area contributed by atoms with E-state index in [2.05, 4.69) is 19.2 Å². The predicted molar refractivity (Wildman–Crippen MR) is 301 cm³/mol. The van der Waals surface area contributed by atoms with E-state index in [1.807, 2.05) is 6.08 Å². The van der Waals surface area contributed by atoms with Crippen LogP contribution < -0.4 is 5.32 Å². The smallest absolute Gasteiger partial charge is 0.249 e. The van der Waals surface area contributed by atoms with Crippen molar-refractivity contribution >= 4 is 5.91 Å². The zero-order valence-electron chi connectivity index (χ0n) is 46.5. The van der Waals surface area contributed by atoms with Crippen molar-refractivity contribution in [3.63, 3.8) is 0 Å². The van der Waals surface area contributed by atoms with Crippen LogP contribution in [0.3, 0.4) is 0 Å². The molecule has 0 aromatic rings. The molecule has 0 spiro atoms. The van der Waals surface area contributed by atoms with Crippen molar-refractivity contribution in [3.05, 3.63) is 12.2 Å². The Morgan fingerprint density at radius 1 is 0.353 bits per heavy atom. The molecule has 406 valence electrons. The van der Waals surface area contributed by atoms with Crippen molar-refractivity contribution < 1.29 is 20.1 Å². The number of aliphatic hydroxyl groups is 3. The van der Waals surface area contributed by atoms with Crippen molar-refractivity contribution in [2.45, 2.75) is 379 Å². The topological polar surface area (TPSA) is 89.8 Å². The van der Waals surface area contributed by atoms with Crippen LogP contribution in [0, 0.1) is 0 Å². The molecule has 0 aromatic carbocycles. The van der Waals surface area contributed by atoms with Gasteiger partial charge in [-0.3, -0.25) is 4.79 Å². The molecule has 4 N–H and O–H groups in total. The second kappa shape index (κ2) is 58.7. The monoisotopic (exact) mass is 960 g/mol. The third-order valence-electron chi connectivity index (χ3n) is 15.1. The molecule has 0 aliphatic rings. The summed E-state index contributed by atoms with van der Waals surface area (Å²) < 4.78 is 0. The first kappa shape index (κ1) is 67.1. The van der Waals surface area contributed by atoms with Crippen molar-refractivity contribution in [2.24, 2.45) is 0 Å². The van der Waals surface area contributed by atoms with Crippen molar-refractivity contribution in [1.82, 2.24) is 5.32 Å². The Hall–Kier alpha value is -0.910. The molecule has 0 saturated carbocycles. The summed E-state index contributed by atoms with van der Waals surface area (Å²) in [6.45, 7) is 4.24. The Morgan fingerprint density at radius 3 is 0.809 bits per heavy atom. The van der Waals surface area contributed by atoms with Crippen LogP contribution in [0.25, 0.3) is 0 Å². The molecule has 0 aliphatic carbocycles. The van der Waals surface area contributed by atoms with E-state index < -0.39 is 24.2 Å². The summed E-state index contributed by atoms with van der Waals surface area (Å²) in [6.07, 6.45) is 74.7. The third kappa shape index (κ3) is 52.9. The van der Waals surface area contributed by atoms with Gasteiger partial charge < -0.3 is 20.6 Å². The minimum Gasteiger partial charge on any atom is -0.394 e. The van der Waals surface area contributed by atoms with Gasteiger partial charge in [-0.25, -0.2) is 0 Å². The third-order valence-corrected chi connectivity index (χ3v) is 15.1. The van der Waals surface area contributed by atoms with E-state index in [-0.39, 0.29) is 6.61 Å². The molecular formula is C63H125NO4. The number of hydrogen-bond donors (Lipinski definition) is 4. The van der Waals surface area contributed by atoms with Crippen molar-refractivity contribution in [3.8, 4) is 0 Å². The highest BCUT2D eigenvalue weighted by Gasteiger charge is 2.22. The highest BCUT2D eigenvalue weighted by atomic mass is 16.3. The van der Waals surface area contributed by atoms with Crippen LogP contribution in [-0.4, -0.2) is 46.1 Å². The van der Waals surface area contributed by atoms with E-state index in [1.165, 1.54) is 308 Å². The Labute approximate surface area is 427 Å². The maximum absolute atomic E-state index is 12.6. The van der Waals surface area contributed by atoms with Gasteiger partial charge in [0, 0.05) is 0 Å². The summed E-state index contributed by atoms with van der Waals surface area (Å²) in [5.74, 6) is -0.494. The van der Waals surface area contributed by atoms with E-state index in [0.717, 1.165) is 32.1 Å². The molecule has 0 radical (unpaired) electrons. The molecule has 68 heavy (non-hydrogen) atoms. The Kier molecular flexibility index (Phi) is 57.9. The summed E-state index contributed by atoms with van der Waals surface area (Å²) in [7, 11) is 0. The van der Waals surface area contributed by atoms with Crippen molar-refractivity contribution in [2.75, 3.05) is 6.61 Å². The van der Waals surface area contributed by atoms with Gasteiger partial charge in [0.2, 0.25) is 5.91 Å². The lowest BCUT2D eigenvalue weighted by atomic mass is 10.0. The minimum absolute atomic E-state index is 0.358. The number of nitrogens with one attached hydrogen (secondary N) is 1. The molecule has 5 heteroatoms.